The van der Waals surface area contributed by atoms with Crippen molar-refractivity contribution < 1.29 is 27.4 Å². The zero-order chi connectivity index (χ0) is 31.6. The van der Waals surface area contributed by atoms with Gasteiger partial charge in [0.05, 0.1) is 36.9 Å². The van der Waals surface area contributed by atoms with Gasteiger partial charge >= 0.3 is 0 Å². The van der Waals surface area contributed by atoms with Crippen molar-refractivity contribution in [3.8, 4) is 5.75 Å². The standard InChI is InChI=1S/C36H48N2O6S/c1-4-29-9-5-6-10-33(43-19-18-42-3)30-14-12-28(30)22-38-23-36(17-7-8-26-20-25(2)11-15-31(26)36)24-44-34-16-13-27(21-32(34)38)35(39)37-45(29,40)41/h6,10-11,13,15-16,20-21,28-30,33H,4-5,7-9,12,14,17-19,22-24H2,1-3H3,(H,37,39)/b10-6+/t28-,29+,30+,33-,36-/m0/s1. The number of ether oxygens (including phenoxy) is 3. The number of allylic oxidation sites excluding steroid dienone is 1. The molecular weight excluding hydrogens is 588 g/mol. The second-order valence-corrected chi connectivity index (χ2v) is 15.4. The molecule has 2 aromatic carbocycles. The molecule has 0 saturated heterocycles. The van der Waals surface area contributed by atoms with E-state index in [9.17, 15) is 13.2 Å². The number of carbonyl (C=O) groups is 1. The number of aryl methyl sites for hydroxylation is 2. The molecule has 2 aromatic rings. The van der Waals surface area contributed by atoms with Crippen LogP contribution in [0.1, 0.15) is 78.9 Å². The van der Waals surface area contributed by atoms with Crippen molar-refractivity contribution in [2.24, 2.45) is 11.8 Å². The second kappa shape index (κ2) is 13.5. The van der Waals surface area contributed by atoms with Gasteiger partial charge in [0.1, 0.15) is 5.75 Å². The van der Waals surface area contributed by atoms with Crippen molar-refractivity contribution in [3.63, 3.8) is 0 Å². The van der Waals surface area contributed by atoms with Gasteiger partial charge in [-0.2, -0.15) is 0 Å². The smallest absolute Gasteiger partial charge is 0.264 e. The minimum atomic E-state index is -3.87. The third-order valence-corrected chi connectivity index (χ3v) is 12.5. The molecule has 2 heterocycles. The highest BCUT2D eigenvalue weighted by Gasteiger charge is 2.44. The van der Waals surface area contributed by atoms with E-state index < -0.39 is 21.2 Å². The minimum Gasteiger partial charge on any atom is -0.490 e. The van der Waals surface area contributed by atoms with Crippen molar-refractivity contribution in [2.75, 3.05) is 44.9 Å². The Labute approximate surface area is 268 Å². The van der Waals surface area contributed by atoms with E-state index in [-0.39, 0.29) is 11.5 Å². The molecule has 1 spiro atoms. The van der Waals surface area contributed by atoms with Gasteiger partial charge in [0.15, 0.2) is 0 Å². The predicted octanol–water partition coefficient (Wildman–Crippen LogP) is 5.71. The van der Waals surface area contributed by atoms with Gasteiger partial charge in [-0.25, -0.2) is 13.1 Å². The summed E-state index contributed by atoms with van der Waals surface area (Å²) in [5.74, 6) is 0.889. The highest BCUT2D eigenvalue weighted by atomic mass is 32.2. The van der Waals surface area contributed by atoms with Crippen LogP contribution < -0.4 is 14.4 Å². The third-order valence-electron chi connectivity index (χ3n) is 10.6. The maximum absolute atomic E-state index is 13.5. The molecule has 0 radical (unpaired) electrons. The monoisotopic (exact) mass is 636 g/mol. The van der Waals surface area contributed by atoms with Crippen LogP contribution in [0.15, 0.2) is 48.6 Å². The summed E-state index contributed by atoms with van der Waals surface area (Å²) < 4.78 is 47.4. The first-order valence-electron chi connectivity index (χ1n) is 16.7. The highest BCUT2D eigenvalue weighted by Crippen LogP contribution is 2.47. The van der Waals surface area contributed by atoms with E-state index in [1.54, 1.807) is 13.2 Å². The molecule has 0 unspecified atom stereocenters. The van der Waals surface area contributed by atoms with Gasteiger partial charge in [0.2, 0.25) is 10.0 Å². The summed E-state index contributed by atoms with van der Waals surface area (Å²) in [5, 5.41) is -0.668. The Morgan fingerprint density at radius 1 is 1.11 bits per heavy atom. The molecule has 1 fully saturated rings. The normalized spacial score (nSPS) is 30.2. The summed E-state index contributed by atoms with van der Waals surface area (Å²) in [4.78, 5) is 15.9. The molecule has 45 heavy (non-hydrogen) atoms. The fraction of sp³-hybridized carbons (Fsp3) is 0.583. The summed E-state index contributed by atoms with van der Waals surface area (Å²) in [5.41, 5.74) is 5.04. The number of nitrogens with zero attached hydrogens (tertiary/aromatic N) is 1. The second-order valence-electron chi connectivity index (χ2n) is 13.5. The molecule has 9 heteroatoms. The molecule has 0 aromatic heterocycles. The Hall–Kier alpha value is -2.88. The molecule has 1 saturated carbocycles. The van der Waals surface area contributed by atoms with Crippen molar-refractivity contribution >= 4 is 21.6 Å². The van der Waals surface area contributed by atoms with Gasteiger partial charge in [0, 0.05) is 31.2 Å². The molecule has 4 aliphatic rings. The highest BCUT2D eigenvalue weighted by molar-refractivity contribution is 7.90. The first-order valence-corrected chi connectivity index (χ1v) is 18.2. The van der Waals surface area contributed by atoms with Gasteiger partial charge in [-0.1, -0.05) is 42.8 Å². The third kappa shape index (κ3) is 6.67. The summed E-state index contributed by atoms with van der Waals surface area (Å²) in [6.07, 6.45) is 11.0. The number of benzene rings is 2. The van der Waals surface area contributed by atoms with Crippen LogP contribution in [0, 0.1) is 18.8 Å². The summed E-state index contributed by atoms with van der Waals surface area (Å²) >= 11 is 0. The van der Waals surface area contributed by atoms with Crippen molar-refractivity contribution in [1.82, 2.24) is 4.72 Å². The molecule has 244 valence electrons. The van der Waals surface area contributed by atoms with E-state index in [1.807, 2.05) is 19.1 Å². The molecule has 5 atom stereocenters. The molecule has 8 nitrogen and oxygen atoms in total. The molecule has 1 amide bonds. The first-order chi connectivity index (χ1) is 21.7. The van der Waals surface area contributed by atoms with E-state index in [0.717, 1.165) is 56.6 Å². The van der Waals surface area contributed by atoms with Crippen LogP contribution in [0.25, 0.3) is 0 Å². The number of carbonyl (C=O) groups excluding carboxylic acids is 1. The Morgan fingerprint density at radius 2 is 1.98 bits per heavy atom. The van der Waals surface area contributed by atoms with Crippen LogP contribution in [0.3, 0.4) is 0 Å². The number of methoxy groups -OCH3 is 1. The quantitative estimate of drug-likeness (QED) is 0.332. The van der Waals surface area contributed by atoms with Gasteiger partial charge in [-0.3, -0.25) is 4.79 Å². The molecule has 2 aliphatic heterocycles. The van der Waals surface area contributed by atoms with Crippen LogP contribution in [-0.4, -0.2) is 65.7 Å². The number of hydrogen-bond acceptors (Lipinski definition) is 7. The molecule has 2 bridgehead atoms. The predicted molar refractivity (Wildman–Crippen MR) is 177 cm³/mol. The van der Waals surface area contributed by atoms with Gasteiger partial charge in [0.25, 0.3) is 5.91 Å². The van der Waals surface area contributed by atoms with Crippen LogP contribution in [0.4, 0.5) is 5.69 Å². The maximum atomic E-state index is 13.5. The number of amides is 1. The summed E-state index contributed by atoms with van der Waals surface area (Å²) in [6, 6.07) is 12.2. The van der Waals surface area contributed by atoms with Crippen molar-refractivity contribution in [1.29, 1.82) is 0 Å². The summed E-state index contributed by atoms with van der Waals surface area (Å²) in [6.45, 7) is 7.18. The number of hydrogen-bond donors (Lipinski definition) is 1. The number of sulfonamides is 1. The zero-order valence-corrected chi connectivity index (χ0v) is 27.7. The Bertz CT molecular complexity index is 1520. The molecular formula is C36H48N2O6S. The minimum absolute atomic E-state index is 0.0652. The summed E-state index contributed by atoms with van der Waals surface area (Å²) in [7, 11) is -2.18. The molecule has 6 rings (SSSR count). The average Bonchev–Trinajstić information content (AvgIpc) is 3.15. The average molecular weight is 637 g/mol. The number of anilines is 1. The van der Waals surface area contributed by atoms with Crippen LogP contribution in [0.2, 0.25) is 0 Å². The topological polar surface area (TPSA) is 94.2 Å². The fourth-order valence-corrected chi connectivity index (χ4v) is 9.33. The lowest BCUT2D eigenvalue weighted by atomic mass is 9.68. The van der Waals surface area contributed by atoms with Crippen LogP contribution in [0.5, 0.6) is 5.75 Å². The Balaban J connectivity index is 1.41. The number of fused-ring (bicyclic) bond motifs is 4. The van der Waals surface area contributed by atoms with Crippen molar-refractivity contribution in [3.05, 3.63) is 70.8 Å². The molecule has 1 N–H and O–H groups in total. The lowest BCUT2D eigenvalue weighted by Crippen LogP contribution is -2.49. The van der Waals surface area contributed by atoms with Crippen LogP contribution >= 0.6 is 0 Å². The van der Waals surface area contributed by atoms with E-state index in [0.29, 0.717) is 56.5 Å². The lowest BCUT2D eigenvalue weighted by molar-refractivity contribution is -0.0309. The Morgan fingerprint density at radius 3 is 2.76 bits per heavy atom. The number of nitrogens with one attached hydrogen (secondary N) is 1. The van der Waals surface area contributed by atoms with Gasteiger partial charge < -0.3 is 19.1 Å². The van der Waals surface area contributed by atoms with E-state index >= 15 is 0 Å². The van der Waals surface area contributed by atoms with Crippen LogP contribution in [-0.2, 0) is 31.3 Å². The first kappa shape index (κ1) is 32.1. The van der Waals surface area contributed by atoms with E-state index in [1.165, 1.54) is 16.7 Å². The van der Waals surface area contributed by atoms with Crippen molar-refractivity contribution in [2.45, 2.75) is 82.0 Å². The van der Waals surface area contributed by atoms with Gasteiger partial charge in [-0.05, 0) is 99.5 Å². The van der Waals surface area contributed by atoms with E-state index in [4.69, 9.17) is 14.2 Å². The van der Waals surface area contributed by atoms with Gasteiger partial charge in [-0.15, -0.1) is 0 Å². The largest absolute Gasteiger partial charge is 0.490 e. The zero-order valence-electron chi connectivity index (χ0n) is 26.9. The lowest BCUT2D eigenvalue weighted by Gasteiger charge is -2.46. The number of rotatable bonds is 5. The fourth-order valence-electron chi connectivity index (χ4n) is 7.90. The van der Waals surface area contributed by atoms with E-state index in [2.05, 4.69) is 46.9 Å². The Kier molecular flexibility index (Phi) is 9.60. The SMILES string of the molecule is CC[C@@H]1CC/C=C/[C@H](OCCOC)[C@@H]2CC[C@H]2CN2C[C@@]3(CCCc4cc(C)ccc43)COc3ccc(cc32)C(=O)NS1(=O)=O. The molecule has 2 aliphatic carbocycles. The maximum Gasteiger partial charge on any atom is 0.264 e.